The van der Waals surface area contributed by atoms with Gasteiger partial charge in [-0.15, -0.1) is 0 Å². The lowest BCUT2D eigenvalue weighted by molar-refractivity contribution is 0.00196. The highest BCUT2D eigenvalue weighted by Gasteiger charge is 2.54. The Balaban J connectivity index is 2.22. The average Bonchev–Trinajstić information content (AvgIpc) is 2.56. The molecule has 5 nitrogen and oxygen atoms in total. The highest BCUT2D eigenvalue weighted by molar-refractivity contribution is 5.08. The molecule has 14 heavy (non-hydrogen) atoms. The molecule has 0 aromatic carbocycles. The van der Waals surface area contributed by atoms with Gasteiger partial charge in [0.1, 0.15) is 0 Å². The first-order valence-corrected chi connectivity index (χ1v) is 5.00. The summed E-state index contributed by atoms with van der Waals surface area (Å²) in [7, 11) is 0. The fraction of sp³-hybridized carbons (Fsp3) is 1.00. The monoisotopic (exact) mass is 203 g/mol. The van der Waals surface area contributed by atoms with Gasteiger partial charge in [-0.2, -0.15) is 0 Å². The molecular formula is C9H17NO4. The van der Waals surface area contributed by atoms with E-state index < -0.39 is 24.4 Å². The Labute approximate surface area is 82.6 Å². The minimum Gasteiger partial charge on any atom is -0.395 e. The van der Waals surface area contributed by atoms with Crippen molar-refractivity contribution in [2.45, 2.75) is 49.8 Å². The van der Waals surface area contributed by atoms with E-state index in [9.17, 15) is 15.3 Å². The molecule has 2 aliphatic rings. The number of hydrogen-bond acceptors (Lipinski definition) is 5. The van der Waals surface area contributed by atoms with Gasteiger partial charge >= 0.3 is 0 Å². The lowest BCUT2D eigenvalue weighted by atomic mass is 10.0. The summed E-state index contributed by atoms with van der Waals surface area (Å²) >= 11 is 0. The van der Waals surface area contributed by atoms with Crippen molar-refractivity contribution in [1.82, 2.24) is 4.90 Å². The Morgan fingerprint density at radius 1 is 1.21 bits per heavy atom. The van der Waals surface area contributed by atoms with Crippen molar-refractivity contribution in [2.24, 2.45) is 0 Å². The second-order valence-electron chi connectivity index (χ2n) is 4.29. The molecule has 0 radical (unpaired) electrons. The topological polar surface area (TPSA) is 84.2 Å². The van der Waals surface area contributed by atoms with E-state index >= 15 is 0 Å². The molecule has 5 heteroatoms. The molecule has 0 aliphatic carbocycles. The van der Waals surface area contributed by atoms with Crippen LogP contribution >= 0.6 is 0 Å². The van der Waals surface area contributed by atoms with Gasteiger partial charge in [0.25, 0.3) is 0 Å². The Hall–Kier alpha value is -0.200. The molecule has 0 aromatic heterocycles. The zero-order chi connectivity index (χ0) is 10.5. The standard InChI is InChI=1S/C9H17NO4/c1-4-7(12)2-5-8(13)9(14)6(3-11)10(4)5/h4-9,11-14H,2-3H2,1H3/t4-,5+,6+,7+,8+,9+/m0/s1. The maximum atomic E-state index is 9.69. The second-order valence-corrected chi connectivity index (χ2v) is 4.29. The van der Waals surface area contributed by atoms with Crippen molar-refractivity contribution in [3.8, 4) is 0 Å². The molecule has 4 N–H and O–H groups in total. The Morgan fingerprint density at radius 3 is 2.43 bits per heavy atom. The van der Waals surface area contributed by atoms with Crippen LogP contribution in [0, 0.1) is 0 Å². The third-order valence-electron chi connectivity index (χ3n) is 3.60. The highest BCUT2D eigenvalue weighted by atomic mass is 16.3. The lowest BCUT2D eigenvalue weighted by Gasteiger charge is -2.28. The summed E-state index contributed by atoms with van der Waals surface area (Å²) in [5, 5.41) is 38.0. The van der Waals surface area contributed by atoms with Crippen LogP contribution in [-0.4, -0.2) is 68.4 Å². The van der Waals surface area contributed by atoms with Crippen molar-refractivity contribution in [2.75, 3.05) is 6.61 Å². The highest BCUT2D eigenvalue weighted by Crippen LogP contribution is 2.36. The average molecular weight is 203 g/mol. The van der Waals surface area contributed by atoms with Crippen molar-refractivity contribution in [1.29, 1.82) is 0 Å². The molecule has 2 rings (SSSR count). The van der Waals surface area contributed by atoms with E-state index in [-0.39, 0.29) is 18.7 Å². The lowest BCUT2D eigenvalue weighted by Crippen LogP contribution is -2.44. The van der Waals surface area contributed by atoms with Gasteiger partial charge in [0, 0.05) is 12.1 Å². The minimum absolute atomic E-state index is 0.107. The van der Waals surface area contributed by atoms with Crippen LogP contribution < -0.4 is 0 Å². The number of nitrogens with zero attached hydrogens (tertiary/aromatic N) is 1. The van der Waals surface area contributed by atoms with E-state index in [1.165, 1.54) is 0 Å². The van der Waals surface area contributed by atoms with Gasteiger partial charge in [0.15, 0.2) is 0 Å². The molecule has 0 spiro atoms. The van der Waals surface area contributed by atoms with Crippen LogP contribution in [0.25, 0.3) is 0 Å². The van der Waals surface area contributed by atoms with Crippen LogP contribution in [0.5, 0.6) is 0 Å². The summed E-state index contributed by atoms with van der Waals surface area (Å²) in [6, 6.07) is -0.766. The van der Waals surface area contributed by atoms with E-state index in [2.05, 4.69) is 0 Å². The summed E-state index contributed by atoms with van der Waals surface area (Å²) in [5.41, 5.74) is 0. The van der Waals surface area contributed by atoms with Crippen LogP contribution in [0.15, 0.2) is 0 Å². The first-order valence-electron chi connectivity index (χ1n) is 5.00. The smallest absolute Gasteiger partial charge is 0.0991 e. The van der Waals surface area contributed by atoms with E-state index in [4.69, 9.17) is 5.11 Å². The summed E-state index contributed by atoms with van der Waals surface area (Å²) < 4.78 is 0. The predicted octanol–water partition coefficient (Wildman–Crippen LogP) is -2.09. The number of hydrogen-bond donors (Lipinski definition) is 4. The van der Waals surface area contributed by atoms with E-state index in [0.29, 0.717) is 6.42 Å². The molecular weight excluding hydrogens is 186 g/mol. The Bertz CT molecular complexity index is 223. The fourth-order valence-electron chi connectivity index (χ4n) is 2.76. The van der Waals surface area contributed by atoms with Crippen molar-refractivity contribution >= 4 is 0 Å². The third kappa shape index (κ3) is 1.20. The van der Waals surface area contributed by atoms with Crippen LogP contribution in [-0.2, 0) is 0 Å². The van der Waals surface area contributed by atoms with Crippen LogP contribution in [0.1, 0.15) is 13.3 Å². The van der Waals surface area contributed by atoms with Gasteiger partial charge in [0.2, 0.25) is 0 Å². The number of aliphatic hydroxyl groups excluding tert-OH is 4. The molecule has 82 valence electrons. The predicted molar refractivity (Wildman–Crippen MR) is 48.6 cm³/mol. The van der Waals surface area contributed by atoms with Gasteiger partial charge in [-0.3, -0.25) is 4.90 Å². The summed E-state index contributed by atoms with van der Waals surface area (Å²) in [6.07, 6.45) is -1.77. The molecule has 0 amide bonds. The molecule has 0 unspecified atom stereocenters. The third-order valence-corrected chi connectivity index (χ3v) is 3.60. The molecule has 0 aromatic rings. The van der Waals surface area contributed by atoms with Crippen LogP contribution in [0.4, 0.5) is 0 Å². The number of aliphatic hydroxyl groups is 4. The molecule has 2 fully saturated rings. The normalized spacial score (nSPS) is 53.8. The second kappa shape index (κ2) is 3.43. The molecule has 2 aliphatic heterocycles. The minimum atomic E-state index is -0.903. The fourth-order valence-corrected chi connectivity index (χ4v) is 2.76. The Kier molecular flexibility index (Phi) is 2.53. The van der Waals surface area contributed by atoms with Gasteiger partial charge in [-0.25, -0.2) is 0 Å². The zero-order valence-electron chi connectivity index (χ0n) is 8.11. The van der Waals surface area contributed by atoms with Gasteiger partial charge in [-0.1, -0.05) is 0 Å². The quantitative estimate of drug-likeness (QED) is 0.392. The maximum Gasteiger partial charge on any atom is 0.0991 e. The van der Waals surface area contributed by atoms with E-state index in [1.54, 1.807) is 0 Å². The molecule has 2 heterocycles. The van der Waals surface area contributed by atoms with E-state index in [0.717, 1.165) is 0 Å². The number of rotatable bonds is 1. The SMILES string of the molecule is C[C@H]1[C@H](O)C[C@@H]2[C@@H](O)[C@H](O)[C@@H](CO)N21. The Morgan fingerprint density at radius 2 is 1.86 bits per heavy atom. The molecule has 0 bridgehead atoms. The molecule has 2 saturated heterocycles. The van der Waals surface area contributed by atoms with Gasteiger partial charge in [0.05, 0.1) is 31.0 Å². The van der Waals surface area contributed by atoms with E-state index in [1.807, 2.05) is 11.8 Å². The van der Waals surface area contributed by atoms with Crippen LogP contribution in [0.2, 0.25) is 0 Å². The van der Waals surface area contributed by atoms with Crippen LogP contribution in [0.3, 0.4) is 0 Å². The molecule has 6 atom stereocenters. The maximum absolute atomic E-state index is 9.69. The van der Waals surface area contributed by atoms with Gasteiger partial charge in [-0.05, 0) is 13.3 Å². The number of fused-ring (bicyclic) bond motifs is 1. The summed E-state index contributed by atoms with van der Waals surface area (Å²) in [5.74, 6) is 0. The zero-order valence-corrected chi connectivity index (χ0v) is 8.11. The largest absolute Gasteiger partial charge is 0.395 e. The molecule has 0 saturated carbocycles. The first kappa shape index (κ1) is 10.3. The first-order chi connectivity index (χ1) is 6.57. The van der Waals surface area contributed by atoms with Gasteiger partial charge < -0.3 is 20.4 Å². The van der Waals surface area contributed by atoms with Crippen molar-refractivity contribution < 1.29 is 20.4 Å². The van der Waals surface area contributed by atoms with Crippen molar-refractivity contribution in [3.63, 3.8) is 0 Å². The summed E-state index contributed by atoms with van der Waals surface area (Å²) in [6.45, 7) is 1.66. The van der Waals surface area contributed by atoms with Crippen molar-refractivity contribution in [3.05, 3.63) is 0 Å². The summed E-state index contributed by atoms with van der Waals surface area (Å²) in [4.78, 5) is 1.83.